The number of aromatic carboxylic acids is 1. The molecule has 4 nitrogen and oxygen atoms in total. The molecule has 0 aromatic carbocycles. The molecule has 0 amide bonds. The molecule has 1 heterocycles. The van der Waals surface area contributed by atoms with Crippen molar-refractivity contribution in [1.82, 2.24) is 4.98 Å². The van der Waals surface area contributed by atoms with Crippen molar-refractivity contribution < 1.29 is 9.90 Å². The number of aryl methyl sites for hydroxylation is 1. The van der Waals surface area contributed by atoms with Crippen LogP contribution in [0.5, 0.6) is 0 Å². The molecule has 0 spiro atoms. The van der Waals surface area contributed by atoms with Crippen LogP contribution >= 0.6 is 11.3 Å². The van der Waals surface area contributed by atoms with Crippen LogP contribution in [0.4, 0.5) is 0 Å². The Bertz CT molecular complexity index is 382. The van der Waals surface area contributed by atoms with E-state index in [-0.39, 0.29) is 5.54 Å². The van der Waals surface area contributed by atoms with Crippen LogP contribution in [0.3, 0.4) is 0 Å². The molecule has 1 aliphatic carbocycles. The molecule has 0 radical (unpaired) electrons. The van der Waals surface area contributed by atoms with Crippen LogP contribution in [0.15, 0.2) is 0 Å². The lowest BCUT2D eigenvalue weighted by Crippen LogP contribution is -2.43. The molecular weight excluding hydrogens is 200 g/mol. The van der Waals surface area contributed by atoms with E-state index in [1.807, 2.05) is 0 Å². The summed E-state index contributed by atoms with van der Waals surface area (Å²) in [5.41, 5.74) is 6.30. The number of rotatable bonds is 2. The molecule has 0 saturated heterocycles. The highest BCUT2D eigenvalue weighted by Crippen LogP contribution is 2.41. The Balaban J connectivity index is 2.37. The van der Waals surface area contributed by atoms with E-state index in [0.717, 1.165) is 24.3 Å². The van der Waals surface area contributed by atoms with E-state index in [1.54, 1.807) is 6.92 Å². The fraction of sp³-hybridized carbons (Fsp3) is 0.556. The second kappa shape index (κ2) is 3.03. The summed E-state index contributed by atoms with van der Waals surface area (Å²) in [6.45, 7) is 1.71. The monoisotopic (exact) mass is 212 g/mol. The van der Waals surface area contributed by atoms with Crippen molar-refractivity contribution in [1.29, 1.82) is 0 Å². The summed E-state index contributed by atoms with van der Waals surface area (Å²) in [6.07, 6.45) is 2.94. The van der Waals surface area contributed by atoms with Gasteiger partial charge < -0.3 is 10.8 Å². The number of carboxylic acid groups (broad SMARTS) is 1. The van der Waals surface area contributed by atoms with Gasteiger partial charge in [-0.15, -0.1) is 11.3 Å². The lowest BCUT2D eigenvalue weighted by molar-refractivity contribution is 0.0701. The first-order valence-electron chi connectivity index (χ1n) is 4.53. The molecule has 1 fully saturated rings. The topological polar surface area (TPSA) is 76.2 Å². The maximum Gasteiger partial charge on any atom is 0.347 e. The first kappa shape index (κ1) is 9.61. The van der Waals surface area contributed by atoms with Crippen molar-refractivity contribution in [2.75, 3.05) is 0 Å². The first-order chi connectivity index (χ1) is 6.53. The van der Waals surface area contributed by atoms with Crippen molar-refractivity contribution in [3.63, 3.8) is 0 Å². The van der Waals surface area contributed by atoms with Gasteiger partial charge in [0.25, 0.3) is 0 Å². The number of thiazole rings is 1. The highest BCUT2D eigenvalue weighted by Gasteiger charge is 2.38. The van der Waals surface area contributed by atoms with Gasteiger partial charge in [-0.25, -0.2) is 9.78 Å². The van der Waals surface area contributed by atoms with Crippen molar-refractivity contribution in [3.8, 4) is 0 Å². The number of carbonyl (C=O) groups is 1. The Morgan fingerprint density at radius 3 is 2.64 bits per heavy atom. The molecular formula is C9H12N2O2S. The molecule has 2 rings (SSSR count). The van der Waals surface area contributed by atoms with E-state index in [2.05, 4.69) is 4.98 Å². The summed E-state index contributed by atoms with van der Waals surface area (Å²) in [6, 6.07) is 0. The van der Waals surface area contributed by atoms with E-state index < -0.39 is 5.97 Å². The lowest BCUT2D eigenvalue weighted by Gasteiger charge is -2.35. The zero-order valence-electron chi connectivity index (χ0n) is 7.91. The van der Waals surface area contributed by atoms with Gasteiger partial charge in [0.1, 0.15) is 9.88 Å². The van der Waals surface area contributed by atoms with Crippen molar-refractivity contribution in [2.45, 2.75) is 31.7 Å². The van der Waals surface area contributed by atoms with E-state index in [4.69, 9.17) is 10.8 Å². The number of hydrogen-bond donors (Lipinski definition) is 2. The highest BCUT2D eigenvalue weighted by atomic mass is 32.1. The van der Waals surface area contributed by atoms with Crippen LogP contribution in [0.1, 0.15) is 39.6 Å². The van der Waals surface area contributed by atoms with Crippen molar-refractivity contribution in [2.24, 2.45) is 5.73 Å². The smallest absolute Gasteiger partial charge is 0.347 e. The Morgan fingerprint density at radius 1 is 1.64 bits per heavy atom. The maximum atomic E-state index is 10.8. The van der Waals surface area contributed by atoms with E-state index in [9.17, 15) is 4.79 Å². The largest absolute Gasteiger partial charge is 0.477 e. The summed E-state index contributed by atoms with van der Waals surface area (Å²) < 4.78 is 0. The third-order valence-electron chi connectivity index (χ3n) is 2.66. The third-order valence-corrected chi connectivity index (χ3v) is 4.03. The normalized spacial score (nSPS) is 19.0. The molecule has 0 bridgehead atoms. The van der Waals surface area contributed by atoms with Gasteiger partial charge in [-0.1, -0.05) is 0 Å². The number of hydrogen-bond acceptors (Lipinski definition) is 4. The average Bonchev–Trinajstić information content (AvgIpc) is 2.43. The molecule has 0 aliphatic heterocycles. The van der Waals surface area contributed by atoms with Crippen LogP contribution in [0.25, 0.3) is 0 Å². The molecule has 1 aliphatic rings. The van der Waals surface area contributed by atoms with Gasteiger partial charge in [0.05, 0.1) is 11.2 Å². The molecule has 0 unspecified atom stereocenters. The highest BCUT2D eigenvalue weighted by molar-refractivity contribution is 7.13. The Hall–Kier alpha value is -0.940. The molecule has 1 aromatic heterocycles. The SMILES string of the molecule is Cc1nc(C2(N)CCC2)sc1C(=O)O. The van der Waals surface area contributed by atoms with Crippen LogP contribution in [-0.2, 0) is 5.54 Å². The minimum absolute atomic E-state index is 0.316. The summed E-state index contributed by atoms with van der Waals surface area (Å²) >= 11 is 1.21. The third kappa shape index (κ3) is 1.33. The summed E-state index contributed by atoms with van der Waals surface area (Å²) in [7, 11) is 0. The molecule has 1 aromatic rings. The zero-order valence-corrected chi connectivity index (χ0v) is 8.73. The minimum Gasteiger partial charge on any atom is -0.477 e. The Labute approximate surface area is 85.8 Å². The number of carboxylic acids is 1. The van der Waals surface area contributed by atoms with Gasteiger partial charge in [0.2, 0.25) is 0 Å². The molecule has 5 heteroatoms. The fourth-order valence-corrected chi connectivity index (χ4v) is 2.64. The minimum atomic E-state index is -0.908. The van der Waals surface area contributed by atoms with Gasteiger partial charge in [-0.05, 0) is 26.2 Å². The molecule has 14 heavy (non-hydrogen) atoms. The molecule has 1 saturated carbocycles. The standard InChI is InChI=1S/C9H12N2O2S/c1-5-6(7(12)13)14-8(11-5)9(10)3-2-4-9/h2-4,10H2,1H3,(H,12,13). The quantitative estimate of drug-likeness (QED) is 0.778. The summed E-state index contributed by atoms with van der Waals surface area (Å²) in [5, 5.41) is 9.64. The average molecular weight is 212 g/mol. The van der Waals surface area contributed by atoms with Gasteiger partial charge in [0, 0.05) is 0 Å². The van der Waals surface area contributed by atoms with Gasteiger partial charge in [-0.2, -0.15) is 0 Å². The number of nitrogens with two attached hydrogens (primary N) is 1. The molecule has 76 valence electrons. The number of aromatic nitrogens is 1. The summed E-state index contributed by atoms with van der Waals surface area (Å²) in [4.78, 5) is 15.4. The second-order valence-electron chi connectivity index (χ2n) is 3.75. The number of nitrogens with zero attached hydrogens (tertiary/aromatic N) is 1. The van der Waals surface area contributed by atoms with E-state index in [1.165, 1.54) is 11.3 Å². The lowest BCUT2D eigenvalue weighted by atomic mass is 9.78. The predicted octanol–water partition coefficient (Wildman–Crippen LogP) is 1.49. The van der Waals surface area contributed by atoms with Gasteiger partial charge >= 0.3 is 5.97 Å². The first-order valence-corrected chi connectivity index (χ1v) is 5.35. The Kier molecular flexibility index (Phi) is 2.08. The van der Waals surface area contributed by atoms with Gasteiger partial charge in [-0.3, -0.25) is 0 Å². The second-order valence-corrected chi connectivity index (χ2v) is 4.75. The zero-order chi connectivity index (χ0) is 10.3. The van der Waals surface area contributed by atoms with E-state index >= 15 is 0 Å². The van der Waals surface area contributed by atoms with E-state index in [0.29, 0.717) is 10.6 Å². The van der Waals surface area contributed by atoms with Gasteiger partial charge in [0.15, 0.2) is 0 Å². The predicted molar refractivity (Wildman–Crippen MR) is 53.5 cm³/mol. The summed E-state index contributed by atoms with van der Waals surface area (Å²) in [5.74, 6) is -0.908. The Morgan fingerprint density at radius 2 is 2.29 bits per heavy atom. The molecule has 3 N–H and O–H groups in total. The van der Waals surface area contributed by atoms with Crippen LogP contribution in [-0.4, -0.2) is 16.1 Å². The van der Waals surface area contributed by atoms with Crippen molar-refractivity contribution in [3.05, 3.63) is 15.6 Å². The molecule has 0 atom stereocenters. The van der Waals surface area contributed by atoms with Crippen molar-refractivity contribution >= 4 is 17.3 Å². The van der Waals surface area contributed by atoms with Crippen LogP contribution < -0.4 is 5.73 Å². The van der Waals surface area contributed by atoms with Crippen LogP contribution in [0.2, 0.25) is 0 Å². The maximum absolute atomic E-state index is 10.8. The fourth-order valence-electron chi connectivity index (χ4n) is 1.58. The van der Waals surface area contributed by atoms with Crippen LogP contribution in [0, 0.1) is 6.92 Å².